The Labute approximate surface area is 186 Å². The van der Waals surface area contributed by atoms with E-state index in [1.165, 1.54) is 0 Å². The molecule has 8 heteroatoms. The summed E-state index contributed by atoms with van der Waals surface area (Å²) < 4.78 is 8.18. The van der Waals surface area contributed by atoms with Crippen molar-refractivity contribution in [3.63, 3.8) is 0 Å². The Hall–Kier alpha value is -2.35. The van der Waals surface area contributed by atoms with Crippen LogP contribution in [0.25, 0.3) is 5.69 Å². The standard InChI is InChI=1S/C22H29BrN4O3/c1-15(2)14-30-22(29)26-11-5-10-25(12-13-26)21(28)18-6-8-19(9-7-18)27-17(4)20(23)16(3)24-27/h6-9,15H,5,10-14H2,1-4H3. The number of carbonyl (C=O) groups excluding carboxylic acids is 2. The quantitative estimate of drug-likeness (QED) is 0.663. The van der Waals surface area contributed by atoms with Crippen LogP contribution in [0.2, 0.25) is 0 Å². The Morgan fingerprint density at radius 1 is 1.07 bits per heavy atom. The average Bonchev–Trinajstić information content (AvgIpc) is 2.92. The Kier molecular flexibility index (Phi) is 7.18. The molecule has 1 saturated heterocycles. The van der Waals surface area contributed by atoms with E-state index in [4.69, 9.17) is 4.74 Å². The highest BCUT2D eigenvalue weighted by Gasteiger charge is 2.24. The molecule has 30 heavy (non-hydrogen) atoms. The molecular weight excluding hydrogens is 448 g/mol. The first-order valence-corrected chi connectivity index (χ1v) is 11.1. The molecule has 2 aromatic rings. The molecule has 0 bridgehead atoms. The summed E-state index contributed by atoms with van der Waals surface area (Å²) in [5, 5.41) is 4.53. The first-order valence-electron chi connectivity index (χ1n) is 10.3. The Morgan fingerprint density at radius 3 is 2.30 bits per heavy atom. The van der Waals surface area contributed by atoms with Gasteiger partial charge >= 0.3 is 6.09 Å². The molecule has 1 aromatic heterocycles. The summed E-state index contributed by atoms with van der Waals surface area (Å²) in [6.45, 7) is 10.6. The molecule has 0 spiro atoms. The van der Waals surface area contributed by atoms with Gasteiger partial charge in [0.05, 0.1) is 28.2 Å². The average molecular weight is 477 g/mol. The molecule has 2 heterocycles. The van der Waals surface area contributed by atoms with Crippen molar-refractivity contribution in [2.24, 2.45) is 5.92 Å². The van der Waals surface area contributed by atoms with Crippen LogP contribution in [-0.2, 0) is 4.74 Å². The smallest absolute Gasteiger partial charge is 0.409 e. The summed E-state index contributed by atoms with van der Waals surface area (Å²) in [4.78, 5) is 28.7. The Balaban J connectivity index is 1.64. The van der Waals surface area contributed by atoms with Gasteiger partial charge in [-0.1, -0.05) is 13.8 Å². The number of aromatic nitrogens is 2. The minimum Gasteiger partial charge on any atom is -0.449 e. The van der Waals surface area contributed by atoms with E-state index in [-0.39, 0.29) is 12.0 Å². The van der Waals surface area contributed by atoms with Gasteiger partial charge in [-0.15, -0.1) is 0 Å². The van der Waals surface area contributed by atoms with Gasteiger partial charge in [0.2, 0.25) is 0 Å². The molecular formula is C22H29BrN4O3. The second-order valence-electron chi connectivity index (χ2n) is 8.05. The van der Waals surface area contributed by atoms with Gasteiger partial charge in [0, 0.05) is 31.7 Å². The van der Waals surface area contributed by atoms with Crippen LogP contribution in [0.3, 0.4) is 0 Å². The SMILES string of the molecule is Cc1nn(-c2ccc(C(=O)N3CCCN(C(=O)OCC(C)C)CC3)cc2)c(C)c1Br. The van der Waals surface area contributed by atoms with Crippen LogP contribution in [-0.4, -0.2) is 64.4 Å². The molecule has 7 nitrogen and oxygen atoms in total. The molecule has 162 valence electrons. The number of nitrogens with zero attached hydrogens (tertiary/aromatic N) is 4. The number of halogens is 1. The molecule has 2 amide bonds. The van der Waals surface area contributed by atoms with Crippen molar-refractivity contribution < 1.29 is 14.3 Å². The van der Waals surface area contributed by atoms with E-state index in [0.717, 1.165) is 28.0 Å². The van der Waals surface area contributed by atoms with Crippen LogP contribution < -0.4 is 0 Å². The summed E-state index contributed by atoms with van der Waals surface area (Å²) in [7, 11) is 0. The van der Waals surface area contributed by atoms with Gasteiger partial charge < -0.3 is 14.5 Å². The number of hydrogen-bond acceptors (Lipinski definition) is 4. The summed E-state index contributed by atoms with van der Waals surface area (Å²) in [5.41, 5.74) is 3.49. The van der Waals surface area contributed by atoms with Gasteiger partial charge in [-0.05, 0) is 66.4 Å². The molecule has 0 radical (unpaired) electrons. The van der Waals surface area contributed by atoms with Gasteiger partial charge in [0.1, 0.15) is 0 Å². The fourth-order valence-electron chi connectivity index (χ4n) is 3.44. The first kappa shape index (κ1) is 22.3. The maximum atomic E-state index is 13.0. The first-order chi connectivity index (χ1) is 14.3. The molecule has 0 unspecified atom stereocenters. The van der Waals surface area contributed by atoms with Crippen molar-refractivity contribution in [3.8, 4) is 5.69 Å². The van der Waals surface area contributed by atoms with Crippen molar-refractivity contribution in [2.45, 2.75) is 34.1 Å². The Morgan fingerprint density at radius 2 is 1.70 bits per heavy atom. The van der Waals surface area contributed by atoms with Crippen LogP contribution in [0, 0.1) is 19.8 Å². The van der Waals surface area contributed by atoms with Gasteiger partial charge in [-0.2, -0.15) is 5.10 Å². The van der Waals surface area contributed by atoms with Crippen molar-refractivity contribution in [1.82, 2.24) is 19.6 Å². The third kappa shape index (κ3) is 5.03. The molecule has 1 aromatic carbocycles. The highest BCUT2D eigenvalue weighted by molar-refractivity contribution is 9.10. The minimum absolute atomic E-state index is 0.0199. The minimum atomic E-state index is -0.293. The van der Waals surface area contributed by atoms with E-state index >= 15 is 0 Å². The van der Waals surface area contributed by atoms with Crippen molar-refractivity contribution >= 4 is 27.9 Å². The van der Waals surface area contributed by atoms with Crippen molar-refractivity contribution in [1.29, 1.82) is 0 Å². The fourth-order valence-corrected chi connectivity index (χ4v) is 3.68. The monoisotopic (exact) mass is 476 g/mol. The van der Waals surface area contributed by atoms with E-state index in [0.29, 0.717) is 44.3 Å². The molecule has 0 N–H and O–H groups in total. The van der Waals surface area contributed by atoms with E-state index < -0.39 is 0 Å². The molecule has 3 rings (SSSR count). The van der Waals surface area contributed by atoms with Gasteiger partial charge in [0.15, 0.2) is 0 Å². The third-order valence-corrected chi connectivity index (χ3v) is 6.29. The molecule has 1 aliphatic heterocycles. The van der Waals surface area contributed by atoms with Crippen LogP contribution in [0.4, 0.5) is 4.79 Å². The molecule has 0 atom stereocenters. The van der Waals surface area contributed by atoms with E-state index in [1.807, 2.05) is 61.5 Å². The lowest BCUT2D eigenvalue weighted by Crippen LogP contribution is -2.37. The summed E-state index contributed by atoms with van der Waals surface area (Å²) in [6, 6.07) is 7.49. The largest absolute Gasteiger partial charge is 0.449 e. The predicted octanol–water partition coefficient (Wildman–Crippen LogP) is 4.19. The summed E-state index contributed by atoms with van der Waals surface area (Å²) in [5.74, 6) is 0.283. The molecule has 1 fully saturated rings. The van der Waals surface area contributed by atoms with Gasteiger partial charge in [-0.25, -0.2) is 9.48 Å². The van der Waals surface area contributed by atoms with E-state index in [1.54, 1.807) is 4.90 Å². The molecule has 0 aliphatic carbocycles. The number of rotatable bonds is 4. The fraction of sp³-hybridized carbons (Fsp3) is 0.500. The lowest BCUT2D eigenvalue weighted by atomic mass is 10.1. The normalized spacial score (nSPS) is 14.7. The third-order valence-electron chi connectivity index (χ3n) is 5.14. The maximum absolute atomic E-state index is 13.0. The number of hydrogen-bond donors (Lipinski definition) is 0. The Bertz CT molecular complexity index is 908. The van der Waals surface area contributed by atoms with Crippen LogP contribution in [0.5, 0.6) is 0 Å². The number of ether oxygens (including phenoxy) is 1. The number of carbonyl (C=O) groups is 2. The van der Waals surface area contributed by atoms with Crippen LogP contribution in [0.1, 0.15) is 42.0 Å². The zero-order chi connectivity index (χ0) is 21.8. The highest BCUT2D eigenvalue weighted by Crippen LogP contribution is 2.23. The predicted molar refractivity (Wildman–Crippen MR) is 119 cm³/mol. The highest BCUT2D eigenvalue weighted by atomic mass is 79.9. The lowest BCUT2D eigenvalue weighted by molar-refractivity contribution is 0.0746. The van der Waals surface area contributed by atoms with Gasteiger partial charge in [0.25, 0.3) is 5.91 Å². The second kappa shape index (κ2) is 9.64. The van der Waals surface area contributed by atoms with E-state index in [2.05, 4.69) is 21.0 Å². The van der Waals surface area contributed by atoms with Crippen LogP contribution in [0.15, 0.2) is 28.7 Å². The number of benzene rings is 1. The lowest BCUT2D eigenvalue weighted by Gasteiger charge is -2.22. The summed E-state index contributed by atoms with van der Waals surface area (Å²) in [6.07, 6.45) is 0.443. The second-order valence-corrected chi connectivity index (χ2v) is 8.84. The van der Waals surface area contributed by atoms with Gasteiger partial charge in [-0.3, -0.25) is 4.79 Å². The molecule has 0 saturated carbocycles. The maximum Gasteiger partial charge on any atom is 0.409 e. The number of amides is 2. The topological polar surface area (TPSA) is 67.7 Å². The van der Waals surface area contributed by atoms with Crippen molar-refractivity contribution in [2.75, 3.05) is 32.8 Å². The zero-order valence-electron chi connectivity index (χ0n) is 18.0. The van der Waals surface area contributed by atoms with Crippen molar-refractivity contribution in [3.05, 3.63) is 45.7 Å². The van der Waals surface area contributed by atoms with E-state index in [9.17, 15) is 9.59 Å². The number of aryl methyl sites for hydroxylation is 1. The summed E-state index contributed by atoms with van der Waals surface area (Å²) >= 11 is 3.55. The van der Waals surface area contributed by atoms with Crippen LogP contribution >= 0.6 is 15.9 Å². The zero-order valence-corrected chi connectivity index (χ0v) is 19.6. The molecule has 1 aliphatic rings.